The lowest BCUT2D eigenvalue weighted by Crippen LogP contribution is -2.30. The number of nitrogens with one attached hydrogen (secondary N) is 1. The van der Waals surface area contributed by atoms with E-state index in [-0.39, 0.29) is 17.1 Å². The third kappa shape index (κ3) is 6.65. The van der Waals surface area contributed by atoms with Gasteiger partial charge in [0.15, 0.2) is 0 Å². The van der Waals surface area contributed by atoms with Crippen molar-refractivity contribution in [2.24, 2.45) is 0 Å². The number of carbonyl (C=O) groups is 1. The molecule has 0 unspecified atom stereocenters. The minimum Gasteiger partial charge on any atom is -0.346 e. The minimum absolute atomic E-state index is 0.00820. The summed E-state index contributed by atoms with van der Waals surface area (Å²) >= 11 is 0. The number of fused-ring (bicyclic) bond motifs is 1. The number of halogens is 1. The number of nitrogens with zero attached hydrogens (tertiary/aromatic N) is 5. The predicted octanol–water partition coefficient (Wildman–Crippen LogP) is 5.61. The molecule has 5 rings (SSSR count). The highest BCUT2D eigenvalue weighted by Crippen LogP contribution is 2.28. The van der Waals surface area contributed by atoms with E-state index in [1.807, 2.05) is 12.1 Å². The van der Waals surface area contributed by atoms with Crippen LogP contribution in [-0.2, 0) is 26.2 Å². The van der Waals surface area contributed by atoms with Crippen molar-refractivity contribution in [2.75, 3.05) is 29.4 Å². The van der Waals surface area contributed by atoms with Crippen LogP contribution < -0.4 is 9.79 Å². The number of aromatic nitrogens is 3. The molecule has 0 aliphatic carbocycles. The Bertz CT molecular complexity index is 1810. The van der Waals surface area contributed by atoms with Crippen molar-refractivity contribution in [2.45, 2.75) is 25.3 Å². The maximum atomic E-state index is 13.3. The van der Waals surface area contributed by atoms with Crippen LogP contribution in [-0.4, -0.2) is 54.0 Å². The van der Waals surface area contributed by atoms with E-state index in [4.69, 9.17) is 4.84 Å². The van der Waals surface area contributed by atoms with Gasteiger partial charge in [-0.05, 0) is 79.8 Å². The fourth-order valence-electron chi connectivity index (χ4n) is 4.74. The molecule has 0 saturated heterocycles. The van der Waals surface area contributed by atoms with Crippen molar-refractivity contribution in [3.05, 3.63) is 97.2 Å². The number of hydrogen-bond donors (Lipinski definition) is 1. The molecule has 0 aliphatic heterocycles. The van der Waals surface area contributed by atoms with E-state index in [2.05, 4.69) is 63.0 Å². The molecule has 0 radical (unpaired) electrons. The van der Waals surface area contributed by atoms with Gasteiger partial charge in [0.2, 0.25) is 0 Å². The van der Waals surface area contributed by atoms with Gasteiger partial charge in [0.1, 0.15) is 18.0 Å². The number of likely N-dealkylation sites (N-methyl/N-ethyl adjacent to an activating group) is 1. The highest BCUT2D eigenvalue weighted by molar-refractivity contribution is 7.92. The molecule has 2 aromatic heterocycles. The van der Waals surface area contributed by atoms with Gasteiger partial charge in [0.05, 0.1) is 16.3 Å². The Labute approximate surface area is 249 Å². The SMILES string of the molecule is CCN(CC)CCn1ccc2cc(-c3cc(Nc4ccc(N(OC=O)S(=O)(=O)c5ccc(F)cc5)cc4)ncn3)ccc21. The van der Waals surface area contributed by atoms with Crippen LogP contribution in [0.2, 0.25) is 0 Å². The lowest BCUT2D eigenvalue weighted by atomic mass is 10.1. The molecular formula is C31H31FN6O4S. The van der Waals surface area contributed by atoms with Crippen molar-refractivity contribution >= 4 is 44.6 Å². The van der Waals surface area contributed by atoms with Crippen molar-refractivity contribution in [3.8, 4) is 11.3 Å². The molecule has 0 aliphatic rings. The molecule has 0 atom stereocenters. The second-order valence-electron chi connectivity index (χ2n) is 9.66. The van der Waals surface area contributed by atoms with Crippen LogP contribution in [0.1, 0.15) is 13.8 Å². The van der Waals surface area contributed by atoms with E-state index in [1.165, 1.54) is 18.5 Å². The molecule has 0 fully saturated rings. The monoisotopic (exact) mass is 602 g/mol. The summed E-state index contributed by atoms with van der Waals surface area (Å²) in [5.41, 5.74) is 3.53. The summed E-state index contributed by atoms with van der Waals surface area (Å²) in [5, 5.41) is 4.31. The highest BCUT2D eigenvalue weighted by atomic mass is 32.2. The average molecular weight is 603 g/mol. The Balaban J connectivity index is 1.32. The van der Waals surface area contributed by atoms with Gasteiger partial charge < -0.3 is 19.6 Å². The molecule has 1 N–H and O–H groups in total. The quantitative estimate of drug-likeness (QED) is 0.137. The summed E-state index contributed by atoms with van der Waals surface area (Å²) < 4.78 is 42.1. The summed E-state index contributed by atoms with van der Waals surface area (Å²) in [7, 11) is -4.30. The zero-order valence-corrected chi connectivity index (χ0v) is 24.5. The molecule has 0 spiro atoms. The van der Waals surface area contributed by atoms with Gasteiger partial charge >= 0.3 is 6.47 Å². The van der Waals surface area contributed by atoms with Gasteiger partial charge in [0.25, 0.3) is 10.0 Å². The zero-order chi connectivity index (χ0) is 30.4. The minimum atomic E-state index is -4.30. The second kappa shape index (κ2) is 13.0. The fourth-order valence-corrected chi connectivity index (χ4v) is 5.96. The summed E-state index contributed by atoms with van der Waals surface area (Å²) in [5.74, 6) is -0.0549. The second-order valence-corrected chi connectivity index (χ2v) is 11.4. The maximum absolute atomic E-state index is 13.3. The lowest BCUT2D eigenvalue weighted by molar-refractivity contribution is -0.128. The molecular weight excluding hydrogens is 571 g/mol. The summed E-state index contributed by atoms with van der Waals surface area (Å²) in [6.07, 6.45) is 3.58. The molecule has 5 aromatic rings. The number of hydrogen-bond acceptors (Lipinski definition) is 8. The fraction of sp³-hybridized carbons (Fsp3) is 0.194. The van der Waals surface area contributed by atoms with Crippen molar-refractivity contribution in [1.29, 1.82) is 0 Å². The van der Waals surface area contributed by atoms with Gasteiger partial charge in [-0.1, -0.05) is 24.4 Å². The molecule has 2 heterocycles. The first-order valence-corrected chi connectivity index (χ1v) is 15.2. The van der Waals surface area contributed by atoms with Crippen molar-refractivity contribution < 1.29 is 22.4 Å². The molecule has 43 heavy (non-hydrogen) atoms. The Hall–Kier alpha value is -4.81. The van der Waals surface area contributed by atoms with E-state index in [0.717, 1.165) is 72.6 Å². The standard InChI is InChI=1S/C31H31FN6O4S/c1-3-36(4-2)17-18-37-16-15-24-19-23(5-14-30(24)37)29-20-31(34-21-33-29)35-26-8-10-27(11-9-26)38(42-22-39)43(40,41)28-12-6-25(32)7-13-28/h5-16,19-22H,3-4,17-18H2,1-2H3,(H,33,34,35). The van der Waals surface area contributed by atoms with Crippen LogP contribution in [0.3, 0.4) is 0 Å². The summed E-state index contributed by atoms with van der Waals surface area (Å²) in [4.78, 5) is 26.8. The third-order valence-electron chi connectivity index (χ3n) is 7.10. The van der Waals surface area contributed by atoms with E-state index in [0.29, 0.717) is 16.0 Å². The Morgan fingerprint density at radius 2 is 1.70 bits per heavy atom. The Kier molecular flexibility index (Phi) is 8.98. The zero-order valence-electron chi connectivity index (χ0n) is 23.7. The van der Waals surface area contributed by atoms with E-state index in [9.17, 15) is 17.6 Å². The number of carbonyl (C=O) groups excluding carboxylic acids is 1. The van der Waals surface area contributed by atoms with E-state index in [1.54, 1.807) is 12.1 Å². The van der Waals surface area contributed by atoms with Gasteiger partial charge in [-0.3, -0.25) is 4.79 Å². The molecule has 12 heteroatoms. The maximum Gasteiger partial charge on any atom is 0.322 e. The topological polar surface area (TPSA) is 110 Å². The van der Waals surface area contributed by atoms with Gasteiger partial charge in [-0.15, -0.1) is 0 Å². The van der Waals surface area contributed by atoms with Crippen LogP contribution in [0.15, 0.2) is 96.3 Å². The normalized spacial score (nSPS) is 11.5. The van der Waals surface area contributed by atoms with Gasteiger partial charge in [0, 0.05) is 47.5 Å². The molecule has 3 aromatic carbocycles. The van der Waals surface area contributed by atoms with Crippen LogP contribution in [0, 0.1) is 5.82 Å². The summed E-state index contributed by atoms with van der Waals surface area (Å²) in [6.45, 7) is 8.32. The predicted molar refractivity (Wildman–Crippen MR) is 164 cm³/mol. The van der Waals surface area contributed by atoms with E-state index >= 15 is 0 Å². The highest BCUT2D eigenvalue weighted by Gasteiger charge is 2.27. The first kappa shape index (κ1) is 29.7. The van der Waals surface area contributed by atoms with Gasteiger partial charge in [-0.2, -0.15) is 8.42 Å². The van der Waals surface area contributed by atoms with Crippen LogP contribution in [0.25, 0.3) is 22.2 Å². The molecule has 10 nitrogen and oxygen atoms in total. The number of benzene rings is 3. The number of anilines is 3. The molecule has 0 amide bonds. The first-order valence-electron chi connectivity index (χ1n) is 13.7. The Morgan fingerprint density at radius 3 is 2.40 bits per heavy atom. The number of rotatable bonds is 13. The molecule has 0 saturated carbocycles. The smallest absolute Gasteiger partial charge is 0.322 e. The largest absolute Gasteiger partial charge is 0.346 e. The lowest BCUT2D eigenvalue weighted by Gasteiger charge is -2.21. The average Bonchev–Trinajstić information content (AvgIpc) is 3.43. The third-order valence-corrected chi connectivity index (χ3v) is 8.71. The van der Waals surface area contributed by atoms with Crippen LogP contribution in [0.5, 0.6) is 0 Å². The summed E-state index contributed by atoms with van der Waals surface area (Å²) in [6, 6.07) is 20.6. The van der Waals surface area contributed by atoms with E-state index < -0.39 is 15.8 Å². The van der Waals surface area contributed by atoms with Crippen molar-refractivity contribution in [3.63, 3.8) is 0 Å². The molecule has 0 bridgehead atoms. The van der Waals surface area contributed by atoms with Gasteiger partial charge in [-0.25, -0.2) is 14.4 Å². The van der Waals surface area contributed by atoms with Crippen LogP contribution in [0.4, 0.5) is 21.6 Å². The molecule has 222 valence electrons. The van der Waals surface area contributed by atoms with Crippen molar-refractivity contribution in [1.82, 2.24) is 19.4 Å². The number of sulfonamides is 1. The van der Waals surface area contributed by atoms with Crippen LogP contribution >= 0.6 is 0 Å². The Morgan fingerprint density at radius 1 is 0.953 bits per heavy atom. The first-order chi connectivity index (χ1) is 20.8.